The Balaban J connectivity index is 1.54. The van der Waals surface area contributed by atoms with Crippen LogP contribution in [0.1, 0.15) is 36.0 Å². The van der Waals surface area contributed by atoms with Crippen LogP contribution in [0.15, 0.2) is 12.1 Å². The molecular weight excluding hydrogens is 311 g/mol. The number of hydrogen-bond acceptors (Lipinski definition) is 3. The molecule has 126 valence electrons. The Bertz CT molecular complexity index is 569. The van der Waals surface area contributed by atoms with Crippen molar-refractivity contribution in [1.82, 2.24) is 5.32 Å². The standard InChI is InChI=1S/C16H18F3NO3/c17-11-7-12(18)14(13(19)8-11)15(21)20-9-10-1-3-16(4-2-10)22-5-6-23-16/h7-8,10H,1-6,9H2,(H,20,21). The predicted molar refractivity (Wildman–Crippen MR) is 75.2 cm³/mol. The first kappa shape index (κ1) is 16.3. The molecule has 7 heteroatoms. The third-order valence-corrected chi connectivity index (χ3v) is 4.47. The fourth-order valence-electron chi connectivity index (χ4n) is 3.19. The summed E-state index contributed by atoms with van der Waals surface area (Å²) in [6, 6.07) is 0.994. The SMILES string of the molecule is O=C(NCC1CCC2(CC1)OCCO2)c1c(F)cc(F)cc1F. The van der Waals surface area contributed by atoms with Gasteiger partial charge in [0.05, 0.1) is 13.2 Å². The number of hydrogen-bond donors (Lipinski definition) is 1. The molecular formula is C16H18F3NO3. The second kappa shape index (κ2) is 6.49. The van der Waals surface area contributed by atoms with Crippen molar-refractivity contribution in [3.05, 3.63) is 35.1 Å². The lowest BCUT2D eigenvalue weighted by atomic mass is 9.85. The molecule has 0 atom stereocenters. The van der Waals surface area contributed by atoms with E-state index in [0.717, 1.165) is 25.7 Å². The zero-order chi connectivity index (χ0) is 16.4. The molecule has 1 aliphatic carbocycles. The molecule has 0 radical (unpaired) electrons. The Morgan fingerprint density at radius 2 is 1.70 bits per heavy atom. The van der Waals surface area contributed by atoms with Crippen LogP contribution in [-0.2, 0) is 9.47 Å². The summed E-state index contributed by atoms with van der Waals surface area (Å²) in [5, 5.41) is 2.53. The van der Waals surface area contributed by atoms with E-state index in [0.29, 0.717) is 31.9 Å². The number of amides is 1. The lowest BCUT2D eigenvalue weighted by Crippen LogP contribution is -2.39. The maximum atomic E-state index is 13.6. The van der Waals surface area contributed by atoms with E-state index in [1.165, 1.54) is 0 Å². The van der Waals surface area contributed by atoms with Gasteiger partial charge in [-0.2, -0.15) is 0 Å². The minimum Gasteiger partial charge on any atom is -0.352 e. The zero-order valence-corrected chi connectivity index (χ0v) is 12.5. The lowest BCUT2D eigenvalue weighted by molar-refractivity contribution is -0.182. The van der Waals surface area contributed by atoms with E-state index in [1.807, 2.05) is 0 Å². The Kier molecular flexibility index (Phi) is 4.59. The normalized spacial score (nSPS) is 20.8. The van der Waals surface area contributed by atoms with Crippen LogP contribution < -0.4 is 5.32 Å². The number of carbonyl (C=O) groups excluding carboxylic acids is 1. The van der Waals surface area contributed by atoms with Crippen molar-refractivity contribution in [3.8, 4) is 0 Å². The second-order valence-electron chi connectivity index (χ2n) is 6.01. The van der Waals surface area contributed by atoms with Gasteiger partial charge in [-0.15, -0.1) is 0 Å². The molecule has 0 aromatic heterocycles. The molecule has 0 bridgehead atoms. The molecule has 1 saturated heterocycles. The molecule has 1 spiro atoms. The highest BCUT2D eigenvalue weighted by molar-refractivity contribution is 5.94. The van der Waals surface area contributed by atoms with Crippen LogP contribution in [0.3, 0.4) is 0 Å². The Hall–Kier alpha value is -1.60. The quantitative estimate of drug-likeness (QED) is 0.928. The summed E-state index contributed by atoms with van der Waals surface area (Å²) < 4.78 is 51.2. The fraction of sp³-hybridized carbons (Fsp3) is 0.562. The summed E-state index contributed by atoms with van der Waals surface area (Å²) in [6.07, 6.45) is 3.09. The summed E-state index contributed by atoms with van der Waals surface area (Å²) >= 11 is 0. The third-order valence-electron chi connectivity index (χ3n) is 4.47. The molecule has 1 aromatic carbocycles. The van der Waals surface area contributed by atoms with Crippen molar-refractivity contribution >= 4 is 5.91 Å². The molecule has 1 N–H and O–H groups in total. The average molecular weight is 329 g/mol. The summed E-state index contributed by atoms with van der Waals surface area (Å²) in [7, 11) is 0. The van der Waals surface area contributed by atoms with Gasteiger partial charge in [0, 0.05) is 31.5 Å². The van der Waals surface area contributed by atoms with E-state index in [2.05, 4.69) is 5.32 Å². The zero-order valence-electron chi connectivity index (χ0n) is 12.5. The highest BCUT2D eigenvalue weighted by Gasteiger charge is 2.40. The number of rotatable bonds is 3. The molecule has 2 fully saturated rings. The smallest absolute Gasteiger partial charge is 0.257 e. The maximum Gasteiger partial charge on any atom is 0.257 e. The third kappa shape index (κ3) is 3.50. The summed E-state index contributed by atoms with van der Waals surface area (Å²) in [5.41, 5.74) is -0.749. The largest absolute Gasteiger partial charge is 0.352 e. The van der Waals surface area contributed by atoms with Crippen molar-refractivity contribution in [2.75, 3.05) is 19.8 Å². The first-order valence-electron chi connectivity index (χ1n) is 7.70. The topological polar surface area (TPSA) is 47.6 Å². The van der Waals surface area contributed by atoms with Crippen LogP contribution in [-0.4, -0.2) is 31.5 Å². The van der Waals surface area contributed by atoms with Crippen LogP contribution in [0.4, 0.5) is 13.2 Å². The Morgan fingerprint density at radius 1 is 1.13 bits per heavy atom. The molecule has 23 heavy (non-hydrogen) atoms. The maximum absolute atomic E-state index is 13.6. The summed E-state index contributed by atoms with van der Waals surface area (Å²) in [6.45, 7) is 1.51. The van der Waals surface area contributed by atoms with E-state index in [9.17, 15) is 18.0 Å². The van der Waals surface area contributed by atoms with Crippen LogP contribution in [0.25, 0.3) is 0 Å². The molecule has 1 heterocycles. The Labute approximate surface area is 132 Å². The monoisotopic (exact) mass is 329 g/mol. The predicted octanol–water partition coefficient (Wildman–Crippen LogP) is 2.77. The molecule has 3 rings (SSSR count). The van der Waals surface area contributed by atoms with Gasteiger partial charge < -0.3 is 14.8 Å². The summed E-state index contributed by atoms with van der Waals surface area (Å²) in [5.74, 6) is -4.59. The minimum atomic E-state index is -1.20. The van der Waals surface area contributed by atoms with Crippen molar-refractivity contribution in [2.24, 2.45) is 5.92 Å². The first-order chi connectivity index (χ1) is 11.0. The molecule has 2 aliphatic rings. The lowest BCUT2D eigenvalue weighted by Gasteiger charge is -2.35. The molecule has 4 nitrogen and oxygen atoms in total. The van der Waals surface area contributed by atoms with Crippen molar-refractivity contribution < 1.29 is 27.4 Å². The summed E-state index contributed by atoms with van der Waals surface area (Å²) in [4.78, 5) is 11.9. The van der Waals surface area contributed by atoms with Gasteiger partial charge >= 0.3 is 0 Å². The van der Waals surface area contributed by atoms with E-state index < -0.39 is 34.7 Å². The van der Waals surface area contributed by atoms with Gasteiger partial charge in [-0.05, 0) is 18.8 Å². The van der Waals surface area contributed by atoms with E-state index in [-0.39, 0.29) is 5.92 Å². The molecule has 1 aromatic rings. The number of nitrogens with one attached hydrogen (secondary N) is 1. The fourth-order valence-corrected chi connectivity index (χ4v) is 3.19. The van der Waals surface area contributed by atoms with Gasteiger partial charge in [0.25, 0.3) is 5.91 Å². The van der Waals surface area contributed by atoms with Gasteiger partial charge in [-0.1, -0.05) is 0 Å². The molecule has 0 unspecified atom stereocenters. The molecule has 1 saturated carbocycles. The van der Waals surface area contributed by atoms with Gasteiger partial charge in [0.2, 0.25) is 0 Å². The second-order valence-corrected chi connectivity index (χ2v) is 6.01. The Morgan fingerprint density at radius 3 is 2.26 bits per heavy atom. The number of carbonyl (C=O) groups is 1. The number of halogens is 3. The van der Waals surface area contributed by atoms with Crippen LogP contribution in [0.2, 0.25) is 0 Å². The number of ether oxygens (including phenoxy) is 2. The van der Waals surface area contributed by atoms with Gasteiger partial charge in [0.15, 0.2) is 5.79 Å². The first-order valence-corrected chi connectivity index (χ1v) is 7.70. The van der Waals surface area contributed by atoms with Gasteiger partial charge in [-0.3, -0.25) is 4.79 Å². The van der Waals surface area contributed by atoms with Crippen molar-refractivity contribution in [3.63, 3.8) is 0 Å². The average Bonchev–Trinajstić information content (AvgIpc) is 2.94. The highest BCUT2D eigenvalue weighted by Crippen LogP contribution is 2.38. The highest BCUT2D eigenvalue weighted by atomic mass is 19.1. The van der Waals surface area contributed by atoms with Gasteiger partial charge in [-0.25, -0.2) is 13.2 Å². The van der Waals surface area contributed by atoms with Crippen molar-refractivity contribution in [1.29, 1.82) is 0 Å². The van der Waals surface area contributed by atoms with E-state index in [1.54, 1.807) is 0 Å². The molecule has 1 amide bonds. The molecule has 1 aliphatic heterocycles. The van der Waals surface area contributed by atoms with Gasteiger partial charge in [0.1, 0.15) is 23.0 Å². The van der Waals surface area contributed by atoms with Crippen LogP contribution >= 0.6 is 0 Å². The van der Waals surface area contributed by atoms with E-state index >= 15 is 0 Å². The number of benzene rings is 1. The van der Waals surface area contributed by atoms with Crippen LogP contribution in [0.5, 0.6) is 0 Å². The van der Waals surface area contributed by atoms with Crippen LogP contribution in [0, 0.1) is 23.4 Å². The minimum absolute atomic E-state index is 0.198. The van der Waals surface area contributed by atoms with E-state index in [4.69, 9.17) is 9.47 Å². The van der Waals surface area contributed by atoms with Crippen molar-refractivity contribution in [2.45, 2.75) is 31.5 Å².